The van der Waals surface area contributed by atoms with Crippen molar-refractivity contribution in [3.63, 3.8) is 0 Å². The van der Waals surface area contributed by atoms with Crippen LogP contribution >= 0.6 is 0 Å². The molecule has 0 aliphatic heterocycles. The lowest BCUT2D eigenvalue weighted by molar-refractivity contribution is -0.130. The van der Waals surface area contributed by atoms with Gasteiger partial charge in [-0.3, -0.25) is 0 Å². The molecule has 0 aliphatic carbocycles. The Labute approximate surface area is 141 Å². The highest BCUT2D eigenvalue weighted by Gasteiger charge is 2.13. The standard InChI is InChI=1S/C20H20O4/c1-14-8-9-15(2)19(12-14)24-11-10-16-6-4-5-7-17(16)18(13-23-3)20(21)22/h4-13H,1-3H3,(H,21,22). The second-order valence-corrected chi connectivity index (χ2v) is 5.35. The zero-order valence-electron chi connectivity index (χ0n) is 13.9. The van der Waals surface area contributed by atoms with Crippen LogP contribution < -0.4 is 4.74 Å². The van der Waals surface area contributed by atoms with Gasteiger partial charge in [-0.2, -0.15) is 0 Å². The van der Waals surface area contributed by atoms with E-state index < -0.39 is 5.97 Å². The molecule has 0 radical (unpaired) electrons. The highest BCUT2D eigenvalue weighted by atomic mass is 16.5. The van der Waals surface area contributed by atoms with Crippen LogP contribution in [0.3, 0.4) is 0 Å². The number of hydrogen-bond acceptors (Lipinski definition) is 3. The highest BCUT2D eigenvalue weighted by molar-refractivity contribution is 6.16. The average molecular weight is 324 g/mol. The van der Waals surface area contributed by atoms with E-state index in [1.165, 1.54) is 13.4 Å². The molecule has 2 aromatic rings. The van der Waals surface area contributed by atoms with Gasteiger partial charge in [0.25, 0.3) is 0 Å². The molecule has 1 N–H and O–H groups in total. The van der Waals surface area contributed by atoms with E-state index in [-0.39, 0.29) is 5.57 Å². The van der Waals surface area contributed by atoms with Crippen molar-refractivity contribution in [3.8, 4) is 5.75 Å². The smallest absolute Gasteiger partial charge is 0.339 e. The lowest BCUT2D eigenvalue weighted by Crippen LogP contribution is -2.02. The minimum atomic E-state index is -1.05. The Hall–Kier alpha value is -3.01. The SMILES string of the molecule is COC=C(C(=O)O)c1ccccc1C=COc1cc(C)ccc1C. The Kier molecular flexibility index (Phi) is 5.79. The normalized spacial score (nSPS) is 11.5. The van der Waals surface area contributed by atoms with Crippen LogP contribution in [-0.2, 0) is 9.53 Å². The fraction of sp³-hybridized carbons (Fsp3) is 0.150. The molecular formula is C20H20O4. The maximum absolute atomic E-state index is 11.4. The van der Waals surface area contributed by atoms with Gasteiger partial charge in [0.15, 0.2) is 0 Å². The monoisotopic (exact) mass is 324 g/mol. The number of carboxylic acid groups (broad SMARTS) is 1. The third-order valence-electron chi connectivity index (χ3n) is 3.50. The van der Waals surface area contributed by atoms with E-state index >= 15 is 0 Å². The summed E-state index contributed by atoms with van der Waals surface area (Å²) in [5.74, 6) is -0.275. The van der Waals surface area contributed by atoms with Crippen molar-refractivity contribution in [1.82, 2.24) is 0 Å². The summed E-state index contributed by atoms with van der Waals surface area (Å²) in [4.78, 5) is 11.4. The molecule has 0 aromatic heterocycles. The molecule has 124 valence electrons. The van der Waals surface area contributed by atoms with E-state index in [4.69, 9.17) is 9.47 Å². The van der Waals surface area contributed by atoms with Crippen LogP contribution in [0.15, 0.2) is 55.0 Å². The summed E-state index contributed by atoms with van der Waals surface area (Å²) in [7, 11) is 1.42. The second-order valence-electron chi connectivity index (χ2n) is 5.35. The Balaban J connectivity index is 2.28. The van der Waals surface area contributed by atoms with Gasteiger partial charge >= 0.3 is 5.97 Å². The number of aliphatic carboxylic acids is 1. The van der Waals surface area contributed by atoms with Gasteiger partial charge in [0.1, 0.15) is 11.3 Å². The predicted molar refractivity (Wildman–Crippen MR) is 94.6 cm³/mol. The molecule has 0 atom stereocenters. The molecule has 0 saturated heterocycles. The van der Waals surface area contributed by atoms with Crippen molar-refractivity contribution in [1.29, 1.82) is 0 Å². The molecule has 0 bridgehead atoms. The van der Waals surface area contributed by atoms with Crippen molar-refractivity contribution < 1.29 is 19.4 Å². The third kappa shape index (κ3) is 4.26. The third-order valence-corrected chi connectivity index (χ3v) is 3.50. The second kappa shape index (κ2) is 8.02. The zero-order valence-corrected chi connectivity index (χ0v) is 13.9. The Bertz CT molecular complexity index is 788. The van der Waals surface area contributed by atoms with Crippen molar-refractivity contribution >= 4 is 17.6 Å². The summed E-state index contributed by atoms with van der Waals surface area (Å²) in [6.45, 7) is 3.97. The van der Waals surface area contributed by atoms with Crippen molar-refractivity contribution in [2.24, 2.45) is 0 Å². The fourth-order valence-electron chi connectivity index (χ4n) is 2.25. The first-order valence-electron chi connectivity index (χ1n) is 7.49. The van der Waals surface area contributed by atoms with Crippen LogP contribution in [0.25, 0.3) is 11.6 Å². The van der Waals surface area contributed by atoms with E-state index in [1.807, 2.05) is 44.2 Å². The van der Waals surface area contributed by atoms with Gasteiger partial charge in [-0.15, -0.1) is 0 Å². The van der Waals surface area contributed by atoms with Crippen LogP contribution in [-0.4, -0.2) is 18.2 Å². The molecule has 0 saturated carbocycles. The summed E-state index contributed by atoms with van der Waals surface area (Å²) < 4.78 is 10.6. The predicted octanol–water partition coefficient (Wildman–Crippen LogP) is 4.43. The Morgan fingerprint density at radius 2 is 1.88 bits per heavy atom. The molecule has 0 aliphatic rings. The molecule has 4 heteroatoms. The summed E-state index contributed by atoms with van der Waals surface area (Å²) in [6.07, 6.45) is 4.52. The van der Waals surface area contributed by atoms with Gasteiger partial charge in [-0.05, 0) is 48.2 Å². The maximum atomic E-state index is 11.4. The van der Waals surface area contributed by atoms with Gasteiger partial charge in [0.05, 0.1) is 19.6 Å². The molecule has 2 aromatic carbocycles. The first kappa shape index (κ1) is 17.3. The molecule has 24 heavy (non-hydrogen) atoms. The number of aryl methyl sites for hydroxylation is 2. The average Bonchev–Trinajstić information content (AvgIpc) is 2.56. The van der Waals surface area contributed by atoms with Gasteiger partial charge in [0, 0.05) is 0 Å². The van der Waals surface area contributed by atoms with E-state index in [2.05, 4.69) is 0 Å². The van der Waals surface area contributed by atoms with Crippen molar-refractivity contribution in [2.45, 2.75) is 13.8 Å². The highest BCUT2D eigenvalue weighted by Crippen LogP contribution is 2.23. The molecule has 0 fully saturated rings. The van der Waals surface area contributed by atoms with E-state index in [0.717, 1.165) is 22.4 Å². The molecule has 0 heterocycles. The summed E-state index contributed by atoms with van der Waals surface area (Å²) in [6, 6.07) is 13.2. The number of carbonyl (C=O) groups is 1. The molecular weight excluding hydrogens is 304 g/mol. The fourth-order valence-corrected chi connectivity index (χ4v) is 2.25. The zero-order chi connectivity index (χ0) is 17.5. The molecule has 0 amide bonds. The van der Waals surface area contributed by atoms with Crippen molar-refractivity contribution in [2.75, 3.05) is 7.11 Å². The van der Waals surface area contributed by atoms with Gasteiger partial charge < -0.3 is 14.6 Å². The largest absolute Gasteiger partial charge is 0.503 e. The van der Waals surface area contributed by atoms with Gasteiger partial charge in [-0.1, -0.05) is 36.4 Å². The molecule has 4 nitrogen and oxygen atoms in total. The quantitative estimate of drug-likeness (QED) is 0.631. The van der Waals surface area contributed by atoms with E-state index in [0.29, 0.717) is 5.56 Å². The van der Waals surface area contributed by atoms with Crippen LogP contribution in [0, 0.1) is 13.8 Å². The summed E-state index contributed by atoms with van der Waals surface area (Å²) in [5.41, 5.74) is 3.52. The summed E-state index contributed by atoms with van der Waals surface area (Å²) in [5, 5.41) is 9.35. The number of carboxylic acids is 1. The molecule has 2 rings (SSSR count). The number of rotatable bonds is 6. The minimum Gasteiger partial charge on any atom is -0.503 e. The van der Waals surface area contributed by atoms with Gasteiger partial charge in [0.2, 0.25) is 0 Å². The van der Waals surface area contributed by atoms with Crippen LogP contribution in [0.2, 0.25) is 0 Å². The summed E-state index contributed by atoms with van der Waals surface area (Å²) >= 11 is 0. The number of hydrogen-bond donors (Lipinski definition) is 1. The Morgan fingerprint density at radius 3 is 2.58 bits per heavy atom. The molecule has 0 spiro atoms. The van der Waals surface area contributed by atoms with Gasteiger partial charge in [-0.25, -0.2) is 4.79 Å². The topological polar surface area (TPSA) is 55.8 Å². The minimum absolute atomic E-state index is 0.0875. The molecule has 0 unspecified atom stereocenters. The first-order chi connectivity index (χ1) is 11.5. The van der Waals surface area contributed by atoms with Crippen LogP contribution in [0.5, 0.6) is 5.75 Å². The lowest BCUT2D eigenvalue weighted by Gasteiger charge is -2.08. The lowest BCUT2D eigenvalue weighted by atomic mass is 10.0. The maximum Gasteiger partial charge on any atom is 0.339 e. The van der Waals surface area contributed by atoms with Crippen LogP contribution in [0.4, 0.5) is 0 Å². The number of methoxy groups -OCH3 is 1. The first-order valence-corrected chi connectivity index (χ1v) is 7.49. The van der Waals surface area contributed by atoms with Crippen LogP contribution in [0.1, 0.15) is 22.3 Å². The van der Waals surface area contributed by atoms with Crippen molar-refractivity contribution in [3.05, 3.63) is 77.2 Å². The number of ether oxygens (including phenoxy) is 2. The Morgan fingerprint density at radius 1 is 1.12 bits per heavy atom. The van der Waals surface area contributed by atoms with E-state index in [1.54, 1.807) is 24.5 Å². The number of benzene rings is 2. The van der Waals surface area contributed by atoms with E-state index in [9.17, 15) is 9.90 Å².